The summed E-state index contributed by atoms with van der Waals surface area (Å²) in [6.45, 7) is 2.24. The number of urea groups is 1. The first-order chi connectivity index (χ1) is 12.8. The van der Waals surface area contributed by atoms with Crippen LogP contribution >= 0.6 is 0 Å². The first-order valence-corrected chi connectivity index (χ1v) is 8.52. The number of nitrogens with one attached hydrogen (secondary N) is 2. The zero-order chi connectivity index (χ0) is 19.4. The second kappa shape index (κ2) is 7.96. The smallest absolute Gasteiger partial charge is 0.334 e. The van der Waals surface area contributed by atoms with Crippen LogP contribution in [0.3, 0.4) is 0 Å². The van der Waals surface area contributed by atoms with Crippen molar-refractivity contribution in [3.8, 4) is 0 Å². The number of halogens is 4. The van der Waals surface area contributed by atoms with Crippen LogP contribution in [0.1, 0.15) is 17.5 Å². The van der Waals surface area contributed by atoms with Gasteiger partial charge in [0.25, 0.3) is 0 Å². The van der Waals surface area contributed by atoms with Gasteiger partial charge in [-0.25, -0.2) is 9.18 Å². The lowest BCUT2D eigenvalue weighted by Gasteiger charge is -2.17. The number of hydrogen-bond acceptors (Lipinski definition) is 2. The van der Waals surface area contributed by atoms with Crippen molar-refractivity contribution in [3.63, 3.8) is 0 Å². The first-order valence-electron chi connectivity index (χ1n) is 8.52. The molecule has 0 aliphatic carbocycles. The molecule has 27 heavy (non-hydrogen) atoms. The fourth-order valence-corrected chi connectivity index (χ4v) is 3.11. The standard InChI is InChI=1S/C19H19F4N3O/c20-17-7-6-14(10-16(17)19(21,22)23)24-18(27)25-15-8-9-26(12-15)11-13-4-2-1-3-5-13/h1-7,10,15H,8-9,11-12H2,(H2,24,25,27)/t15-/m0/s1. The van der Waals surface area contributed by atoms with Gasteiger partial charge in [0.05, 0.1) is 5.56 Å². The molecule has 1 heterocycles. The molecule has 1 saturated heterocycles. The average Bonchev–Trinajstić information content (AvgIpc) is 3.03. The highest BCUT2D eigenvalue weighted by molar-refractivity contribution is 5.89. The van der Waals surface area contributed by atoms with Crippen LogP contribution in [0.5, 0.6) is 0 Å². The Morgan fingerprint density at radius 1 is 1.15 bits per heavy atom. The highest BCUT2D eigenvalue weighted by Gasteiger charge is 2.34. The summed E-state index contributed by atoms with van der Waals surface area (Å²) in [4.78, 5) is 14.3. The van der Waals surface area contributed by atoms with Crippen LogP contribution in [0, 0.1) is 5.82 Å². The van der Waals surface area contributed by atoms with Crippen molar-refractivity contribution in [3.05, 3.63) is 65.5 Å². The molecular formula is C19H19F4N3O. The molecule has 1 fully saturated rings. The Morgan fingerprint density at radius 2 is 1.89 bits per heavy atom. The average molecular weight is 381 g/mol. The monoisotopic (exact) mass is 381 g/mol. The van der Waals surface area contributed by atoms with Crippen LogP contribution in [0.25, 0.3) is 0 Å². The van der Waals surface area contributed by atoms with E-state index in [0.717, 1.165) is 25.6 Å². The molecule has 1 atom stereocenters. The zero-order valence-corrected chi connectivity index (χ0v) is 14.4. The van der Waals surface area contributed by atoms with E-state index in [-0.39, 0.29) is 11.7 Å². The number of amides is 2. The summed E-state index contributed by atoms with van der Waals surface area (Å²) in [5.74, 6) is -1.37. The Labute approximate surface area is 154 Å². The van der Waals surface area contributed by atoms with Crippen molar-refractivity contribution in [1.82, 2.24) is 10.2 Å². The van der Waals surface area contributed by atoms with Gasteiger partial charge in [-0.1, -0.05) is 30.3 Å². The minimum absolute atomic E-state index is 0.101. The number of alkyl halides is 3. The summed E-state index contributed by atoms with van der Waals surface area (Å²) in [7, 11) is 0. The lowest BCUT2D eigenvalue weighted by molar-refractivity contribution is -0.139. The van der Waals surface area contributed by atoms with Crippen molar-refractivity contribution >= 4 is 11.7 Å². The maximum atomic E-state index is 13.3. The van der Waals surface area contributed by atoms with Crippen molar-refractivity contribution in [1.29, 1.82) is 0 Å². The topological polar surface area (TPSA) is 44.4 Å². The Morgan fingerprint density at radius 3 is 2.59 bits per heavy atom. The molecular weight excluding hydrogens is 362 g/mol. The summed E-state index contributed by atoms with van der Waals surface area (Å²) in [6, 6.07) is 11.6. The van der Waals surface area contributed by atoms with Crippen LogP contribution in [0.4, 0.5) is 28.0 Å². The molecule has 2 aromatic carbocycles. The molecule has 0 unspecified atom stereocenters. The fraction of sp³-hybridized carbons (Fsp3) is 0.316. The number of rotatable bonds is 4. The van der Waals surface area contributed by atoms with Gasteiger partial charge in [-0.15, -0.1) is 0 Å². The molecule has 0 spiro atoms. The van der Waals surface area contributed by atoms with Gasteiger partial charge in [0.1, 0.15) is 5.82 Å². The molecule has 2 amide bonds. The first kappa shape index (κ1) is 19.2. The highest BCUT2D eigenvalue weighted by atomic mass is 19.4. The van der Waals surface area contributed by atoms with Crippen molar-refractivity contribution < 1.29 is 22.4 Å². The summed E-state index contributed by atoms with van der Waals surface area (Å²) in [6.07, 6.45) is -4.07. The van der Waals surface area contributed by atoms with Crippen molar-refractivity contribution in [2.75, 3.05) is 18.4 Å². The normalized spacial score (nSPS) is 17.7. The molecule has 0 radical (unpaired) electrons. The fourth-order valence-electron chi connectivity index (χ4n) is 3.11. The molecule has 8 heteroatoms. The molecule has 144 valence electrons. The number of likely N-dealkylation sites (tertiary alicyclic amines) is 1. The Hall–Kier alpha value is -2.61. The molecule has 0 aromatic heterocycles. The maximum absolute atomic E-state index is 13.3. The minimum atomic E-state index is -4.82. The largest absolute Gasteiger partial charge is 0.419 e. The second-order valence-electron chi connectivity index (χ2n) is 6.50. The number of nitrogens with zero attached hydrogens (tertiary/aromatic N) is 1. The number of carbonyl (C=O) groups is 1. The van der Waals surface area contributed by atoms with Gasteiger partial charge >= 0.3 is 12.2 Å². The van der Waals surface area contributed by atoms with E-state index < -0.39 is 23.6 Å². The van der Waals surface area contributed by atoms with E-state index in [9.17, 15) is 22.4 Å². The summed E-state index contributed by atoms with van der Waals surface area (Å²) >= 11 is 0. The van der Waals surface area contributed by atoms with E-state index in [4.69, 9.17) is 0 Å². The number of carbonyl (C=O) groups excluding carboxylic acids is 1. The molecule has 0 bridgehead atoms. The molecule has 3 rings (SSSR count). The van der Waals surface area contributed by atoms with E-state index in [1.165, 1.54) is 5.56 Å². The summed E-state index contributed by atoms with van der Waals surface area (Å²) in [5, 5.41) is 5.09. The quantitative estimate of drug-likeness (QED) is 0.778. The molecule has 0 saturated carbocycles. The molecule has 1 aliphatic rings. The molecule has 2 aromatic rings. The Bertz CT molecular complexity index is 795. The van der Waals surface area contributed by atoms with Gasteiger partial charge in [0, 0.05) is 31.4 Å². The molecule has 1 aliphatic heterocycles. The predicted molar refractivity (Wildman–Crippen MR) is 93.7 cm³/mol. The van der Waals surface area contributed by atoms with Crippen LogP contribution in [-0.2, 0) is 12.7 Å². The van der Waals surface area contributed by atoms with E-state index in [1.807, 2.05) is 30.3 Å². The summed E-state index contributed by atoms with van der Waals surface area (Å²) in [5.41, 5.74) is -0.343. The summed E-state index contributed by atoms with van der Waals surface area (Å²) < 4.78 is 51.5. The van der Waals surface area contributed by atoms with Gasteiger partial charge in [-0.2, -0.15) is 13.2 Å². The van der Waals surface area contributed by atoms with Crippen molar-refractivity contribution in [2.45, 2.75) is 25.2 Å². The zero-order valence-electron chi connectivity index (χ0n) is 14.4. The number of benzene rings is 2. The lowest BCUT2D eigenvalue weighted by atomic mass is 10.2. The molecule has 4 nitrogen and oxygen atoms in total. The van der Waals surface area contributed by atoms with Crippen LogP contribution in [-0.4, -0.2) is 30.1 Å². The van der Waals surface area contributed by atoms with Crippen molar-refractivity contribution in [2.24, 2.45) is 0 Å². The van der Waals surface area contributed by atoms with Crippen LogP contribution in [0.2, 0.25) is 0 Å². The number of hydrogen-bond donors (Lipinski definition) is 2. The van der Waals surface area contributed by atoms with E-state index in [2.05, 4.69) is 15.5 Å². The van der Waals surface area contributed by atoms with Crippen LogP contribution in [0.15, 0.2) is 48.5 Å². The maximum Gasteiger partial charge on any atom is 0.419 e. The predicted octanol–water partition coefficient (Wildman–Crippen LogP) is 4.24. The van der Waals surface area contributed by atoms with Gasteiger partial charge in [0.2, 0.25) is 0 Å². The van der Waals surface area contributed by atoms with E-state index >= 15 is 0 Å². The Balaban J connectivity index is 1.53. The third kappa shape index (κ3) is 5.19. The SMILES string of the molecule is O=C(Nc1ccc(F)c(C(F)(F)F)c1)N[C@H]1CCN(Cc2ccccc2)C1. The lowest BCUT2D eigenvalue weighted by Crippen LogP contribution is -2.39. The molecule has 2 N–H and O–H groups in total. The van der Waals surface area contributed by atoms with Gasteiger partial charge < -0.3 is 10.6 Å². The van der Waals surface area contributed by atoms with Gasteiger partial charge in [-0.05, 0) is 30.2 Å². The van der Waals surface area contributed by atoms with E-state index in [0.29, 0.717) is 18.7 Å². The van der Waals surface area contributed by atoms with Gasteiger partial charge in [0.15, 0.2) is 0 Å². The second-order valence-corrected chi connectivity index (χ2v) is 6.50. The minimum Gasteiger partial charge on any atom is -0.334 e. The Kier molecular flexibility index (Phi) is 5.65. The third-order valence-corrected chi connectivity index (χ3v) is 4.39. The highest BCUT2D eigenvalue weighted by Crippen LogP contribution is 2.33. The van der Waals surface area contributed by atoms with E-state index in [1.54, 1.807) is 0 Å². The third-order valence-electron chi connectivity index (χ3n) is 4.39. The number of anilines is 1. The van der Waals surface area contributed by atoms with Crippen LogP contribution < -0.4 is 10.6 Å². The van der Waals surface area contributed by atoms with Gasteiger partial charge in [-0.3, -0.25) is 4.90 Å².